The highest BCUT2D eigenvalue weighted by Gasteiger charge is 2.23. The Balaban J connectivity index is 2.49. The van der Waals surface area contributed by atoms with Crippen LogP contribution in [0.15, 0.2) is 0 Å². The van der Waals surface area contributed by atoms with Crippen molar-refractivity contribution in [1.82, 2.24) is 10.6 Å². The molecule has 2 N–H and O–H groups in total. The first-order valence-corrected chi connectivity index (χ1v) is 4.68. The lowest BCUT2D eigenvalue weighted by molar-refractivity contribution is 0.214. The molecule has 1 aliphatic rings. The summed E-state index contributed by atoms with van der Waals surface area (Å²) < 4.78 is 0. The lowest BCUT2D eigenvalue weighted by atomic mass is 9.82. The summed E-state index contributed by atoms with van der Waals surface area (Å²) in [6.45, 7) is 6.02. The number of hydrogen-bond donors (Lipinski definition) is 2. The van der Waals surface area contributed by atoms with Crippen molar-refractivity contribution < 1.29 is 4.79 Å². The molecule has 3 nitrogen and oxygen atoms in total. The van der Waals surface area contributed by atoms with Crippen molar-refractivity contribution in [2.75, 3.05) is 13.1 Å². The monoisotopic (exact) mass is 170 g/mol. The van der Waals surface area contributed by atoms with E-state index >= 15 is 0 Å². The number of carbonyl (C=O) groups excluding carboxylic acids is 1. The van der Waals surface area contributed by atoms with Gasteiger partial charge in [-0.25, -0.2) is 4.79 Å². The van der Waals surface area contributed by atoms with Gasteiger partial charge < -0.3 is 10.6 Å². The maximum absolute atomic E-state index is 11.0. The van der Waals surface area contributed by atoms with Gasteiger partial charge in [-0.05, 0) is 24.7 Å². The van der Waals surface area contributed by atoms with Crippen molar-refractivity contribution >= 4 is 6.03 Å². The molecule has 0 radical (unpaired) electrons. The predicted molar refractivity (Wildman–Crippen MR) is 49.0 cm³/mol. The van der Waals surface area contributed by atoms with Gasteiger partial charge in [0.1, 0.15) is 0 Å². The van der Waals surface area contributed by atoms with Crippen LogP contribution in [-0.4, -0.2) is 19.1 Å². The first-order chi connectivity index (χ1) is 5.66. The van der Waals surface area contributed by atoms with Crippen LogP contribution in [0.5, 0.6) is 0 Å². The highest BCUT2D eigenvalue weighted by Crippen LogP contribution is 2.26. The van der Waals surface area contributed by atoms with Crippen LogP contribution in [0, 0.1) is 5.41 Å². The fraction of sp³-hybridized carbons (Fsp3) is 0.889. The Hall–Kier alpha value is -0.730. The summed E-state index contributed by atoms with van der Waals surface area (Å²) in [5.74, 6) is 0. The highest BCUT2D eigenvalue weighted by atomic mass is 16.2. The van der Waals surface area contributed by atoms with Crippen molar-refractivity contribution in [3.8, 4) is 0 Å². The first-order valence-electron chi connectivity index (χ1n) is 4.68. The molecule has 2 amide bonds. The molecule has 1 heterocycles. The second-order valence-electron chi connectivity index (χ2n) is 3.88. The van der Waals surface area contributed by atoms with Crippen molar-refractivity contribution in [1.29, 1.82) is 0 Å². The molecular weight excluding hydrogens is 152 g/mol. The maximum Gasteiger partial charge on any atom is 0.314 e. The van der Waals surface area contributed by atoms with Crippen LogP contribution in [0.1, 0.15) is 33.1 Å². The summed E-state index contributed by atoms with van der Waals surface area (Å²) in [4.78, 5) is 11.0. The number of carbonyl (C=O) groups is 1. The third kappa shape index (κ3) is 2.40. The lowest BCUT2D eigenvalue weighted by Gasteiger charge is -2.30. The Kier molecular flexibility index (Phi) is 2.95. The number of urea groups is 1. The zero-order chi connectivity index (χ0) is 9.03. The van der Waals surface area contributed by atoms with Gasteiger partial charge in [0, 0.05) is 13.1 Å². The Morgan fingerprint density at radius 3 is 2.92 bits per heavy atom. The standard InChI is InChI=1S/C9H18N2O/c1-3-9(2)5-4-6-10-8(12)11-7-9/h3-7H2,1-2H3,(H2,10,11,12). The molecule has 0 saturated carbocycles. The Morgan fingerprint density at radius 1 is 1.50 bits per heavy atom. The summed E-state index contributed by atoms with van der Waals surface area (Å²) in [7, 11) is 0. The second-order valence-corrected chi connectivity index (χ2v) is 3.88. The van der Waals surface area contributed by atoms with E-state index in [-0.39, 0.29) is 6.03 Å². The van der Waals surface area contributed by atoms with Crippen LogP contribution >= 0.6 is 0 Å². The van der Waals surface area contributed by atoms with Gasteiger partial charge in [-0.2, -0.15) is 0 Å². The van der Waals surface area contributed by atoms with Crippen LogP contribution in [0.3, 0.4) is 0 Å². The van der Waals surface area contributed by atoms with Gasteiger partial charge >= 0.3 is 6.03 Å². The second kappa shape index (κ2) is 3.78. The predicted octanol–water partition coefficient (Wildman–Crippen LogP) is 1.50. The molecule has 70 valence electrons. The summed E-state index contributed by atoms with van der Waals surface area (Å²) in [6.07, 6.45) is 3.42. The first kappa shape index (κ1) is 9.36. The van der Waals surface area contributed by atoms with E-state index in [2.05, 4.69) is 24.5 Å². The molecular formula is C9H18N2O. The van der Waals surface area contributed by atoms with Gasteiger partial charge in [0.05, 0.1) is 0 Å². The molecule has 1 saturated heterocycles. The fourth-order valence-corrected chi connectivity index (χ4v) is 1.46. The molecule has 0 spiro atoms. The van der Waals surface area contributed by atoms with Crippen LogP contribution in [-0.2, 0) is 0 Å². The zero-order valence-corrected chi connectivity index (χ0v) is 7.94. The van der Waals surface area contributed by atoms with Crippen molar-refractivity contribution in [2.24, 2.45) is 5.41 Å². The van der Waals surface area contributed by atoms with E-state index in [4.69, 9.17) is 0 Å². The summed E-state index contributed by atoms with van der Waals surface area (Å²) in [5, 5.41) is 5.67. The van der Waals surface area contributed by atoms with Crippen LogP contribution < -0.4 is 10.6 Å². The summed E-state index contributed by atoms with van der Waals surface area (Å²) >= 11 is 0. The minimum Gasteiger partial charge on any atom is -0.338 e. The molecule has 0 bridgehead atoms. The van der Waals surface area contributed by atoms with E-state index in [0.29, 0.717) is 5.41 Å². The van der Waals surface area contributed by atoms with Gasteiger partial charge in [-0.1, -0.05) is 13.8 Å². The van der Waals surface area contributed by atoms with Gasteiger partial charge in [0.25, 0.3) is 0 Å². The fourth-order valence-electron chi connectivity index (χ4n) is 1.46. The average molecular weight is 170 g/mol. The number of amides is 2. The Bertz CT molecular complexity index is 170. The minimum absolute atomic E-state index is 0.0191. The third-order valence-corrected chi connectivity index (χ3v) is 2.77. The molecule has 0 aromatic rings. The molecule has 1 fully saturated rings. The SMILES string of the molecule is CCC1(C)CCCNC(=O)NC1. The summed E-state index contributed by atoms with van der Waals surface area (Å²) in [6, 6.07) is -0.0191. The van der Waals surface area contributed by atoms with Crippen LogP contribution in [0.25, 0.3) is 0 Å². The van der Waals surface area contributed by atoms with E-state index < -0.39 is 0 Å². The molecule has 0 aliphatic carbocycles. The highest BCUT2D eigenvalue weighted by molar-refractivity contribution is 5.73. The lowest BCUT2D eigenvalue weighted by Crippen LogP contribution is -2.44. The van der Waals surface area contributed by atoms with Gasteiger partial charge in [-0.15, -0.1) is 0 Å². The summed E-state index contributed by atoms with van der Waals surface area (Å²) in [5.41, 5.74) is 0.303. The molecule has 3 heteroatoms. The van der Waals surface area contributed by atoms with Crippen LogP contribution in [0.2, 0.25) is 0 Å². The van der Waals surface area contributed by atoms with Crippen molar-refractivity contribution in [3.63, 3.8) is 0 Å². The number of hydrogen-bond acceptors (Lipinski definition) is 1. The minimum atomic E-state index is -0.0191. The van der Waals surface area contributed by atoms with E-state index in [1.807, 2.05) is 0 Å². The van der Waals surface area contributed by atoms with Gasteiger partial charge in [-0.3, -0.25) is 0 Å². The quantitative estimate of drug-likeness (QED) is 0.615. The molecule has 12 heavy (non-hydrogen) atoms. The topological polar surface area (TPSA) is 41.1 Å². The van der Waals surface area contributed by atoms with E-state index in [9.17, 15) is 4.79 Å². The average Bonchev–Trinajstić information content (AvgIpc) is 2.07. The van der Waals surface area contributed by atoms with Gasteiger partial charge in [0.2, 0.25) is 0 Å². The van der Waals surface area contributed by atoms with Crippen LogP contribution in [0.4, 0.5) is 4.79 Å². The van der Waals surface area contributed by atoms with E-state index in [1.165, 1.54) is 6.42 Å². The number of rotatable bonds is 1. The molecule has 1 atom stereocenters. The maximum atomic E-state index is 11.0. The Labute approximate surface area is 73.9 Å². The largest absolute Gasteiger partial charge is 0.338 e. The van der Waals surface area contributed by atoms with Crippen molar-refractivity contribution in [3.05, 3.63) is 0 Å². The molecule has 0 aromatic carbocycles. The number of nitrogens with one attached hydrogen (secondary N) is 2. The normalized spacial score (nSPS) is 31.3. The molecule has 1 aliphatic heterocycles. The smallest absolute Gasteiger partial charge is 0.314 e. The van der Waals surface area contributed by atoms with E-state index in [0.717, 1.165) is 25.9 Å². The van der Waals surface area contributed by atoms with Gasteiger partial charge in [0.15, 0.2) is 0 Å². The third-order valence-electron chi connectivity index (χ3n) is 2.77. The van der Waals surface area contributed by atoms with E-state index in [1.54, 1.807) is 0 Å². The molecule has 1 unspecified atom stereocenters. The Morgan fingerprint density at radius 2 is 2.25 bits per heavy atom. The molecule has 0 aromatic heterocycles. The van der Waals surface area contributed by atoms with Crippen molar-refractivity contribution in [2.45, 2.75) is 33.1 Å². The zero-order valence-electron chi connectivity index (χ0n) is 7.94. The molecule has 1 rings (SSSR count).